The van der Waals surface area contributed by atoms with E-state index in [1.807, 2.05) is 13.0 Å². The molecule has 21 heavy (non-hydrogen) atoms. The molecule has 2 rings (SSSR count). The number of hydrogen-bond donors (Lipinski definition) is 2. The zero-order chi connectivity index (χ0) is 15.4. The Hall–Kier alpha value is -1.14. The second-order valence-electron chi connectivity index (χ2n) is 4.52. The molecule has 2 aromatic rings. The van der Waals surface area contributed by atoms with Crippen molar-refractivity contribution in [1.82, 2.24) is 10.3 Å². The lowest BCUT2D eigenvalue weighted by molar-refractivity contribution is 0.0946. The predicted molar refractivity (Wildman–Crippen MR) is 87.0 cm³/mol. The summed E-state index contributed by atoms with van der Waals surface area (Å²) in [4.78, 5) is 16.3. The fourth-order valence-electron chi connectivity index (χ4n) is 1.66. The van der Waals surface area contributed by atoms with Gasteiger partial charge < -0.3 is 11.1 Å². The lowest BCUT2D eigenvalue weighted by Gasteiger charge is -2.05. The summed E-state index contributed by atoms with van der Waals surface area (Å²) in [5.41, 5.74) is 7.15. The Morgan fingerprint density at radius 2 is 2.19 bits per heavy atom. The number of carbonyl (C=O) groups excluding carboxylic acids is 1. The van der Waals surface area contributed by atoms with Crippen molar-refractivity contribution < 1.29 is 4.79 Å². The van der Waals surface area contributed by atoms with Crippen LogP contribution in [-0.4, -0.2) is 10.9 Å². The molecule has 1 unspecified atom stereocenters. The molecule has 0 fully saturated rings. The maximum Gasteiger partial charge on any atom is 0.271 e. The van der Waals surface area contributed by atoms with Gasteiger partial charge in [0.05, 0.1) is 16.1 Å². The zero-order valence-electron chi connectivity index (χ0n) is 11.4. The lowest BCUT2D eigenvalue weighted by atomic mass is 10.2. The van der Waals surface area contributed by atoms with E-state index in [1.165, 1.54) is 11.3 Å². The third-order valence-corrected chi connectivity index (χ3v) is 4.66. The summed E-state index contributed by atoms with van der Waals surface area (Å²) < 4.78 is 0. The summed E-state index contributed by atoms with van der Waals surface area (Å²) in [5, 5.41) is 6.24. The molecule has 0 aliphatic heterocycles. The Morgan fingerprint density at radius 1 is 1.43 bits per heavy atom. The molecule has 4 nitrogen and oxygen atoms in total. The summed E-state index contributed by atoms with van der Waals surface area (Å²) in [6.07, 6.45) is 0.790. The standard InChI is InChI=1S/C14H15Cl2N3OS/c1-2-11(17)14-19-12(7-21-14)13(20)18-6-8-3-4-9(15)10(16)5-8/h3-5,7,11H,2,6,17H2,1H3,(H,18,20). The Labute approximate surface area is 137 Å². The largest absolute Gasteiger partial charge is 0.347 e. The highest BCUT2D eigenvalue weighted by Crippen LogP contribution is 2.22. The summed E-state index contributed by atoms with van der Waals surface area (Å²) >= 11 is 13.2. The number of nitrogens with zero attached hydrogens (tertiary/aromatic N) is 1. The van der Waals surface area contributed by atoms with Crippen molar-refractivity contribution in [2.24, 2.45) is 5.73 Å². The molecule has 1 amide bonds. The maximum absolute atomic E-state index is 12.0. The monoisotopic (exact) mass is 343 g/mol. The van der Waals surface area contributed by atoms with E-state index in [4.69, 9.17) is 28.9 Å². The van der Waals surface area contributed by atoms with Gasteiger partial charge in [0.2, 0.25) is 0 Å². The van der Waals surface area contributed by atoms with Gasteiger partial charge in [0, 0.05) is 11.9 Å². The van der Waals surface area contributed by atoms with Crippen LogP contribution in [0, 0.1) is 0 Å². The molecule has 0 aliphatic carbocycles. The van der Waals surface area contributed by atoms with E-state index in [1.54, 1.807) is 17.5 Å². The smallest absolute Gasteiger partial charge is 0.271 e. The molecule has 0 radical (unpaired) electrons. The number of thiazole rings is 1. The lowest BCUT2D eigenvalue weighted by Crippen LogP contribution is -2.23. The van der Waals surface area contributed by atoms with Crippen LogP contribution in [0.15, 0.2) is 23.6 Å². The van der Waals surface area contributed by atoms with Crippen molar-refractivity contribution in [3.8, 4) is 0 Å². The first-order valence-electron chi connectivity index (χ1n) is 6.44. The minimum atomic E-state index is -0.230. The number of aromatic nitrogens is 1. The molecule has 0 aliphatic rings. The van der Waals surface area contributed by atoms with E-state index in [-0.39, 0.29) is 11.9 Å². The van der Waals surface area contributed by atoms with Gasteiger partial charge in [-0.15, -0.1) is 11.3 Å². The van der Waals surface area contributed by atoms with E-state index in [2.05, 4.69) is 10.3 Å². The van der Waals surface area contributed by atoms with Crippen LogP contribution in [0.1, 0.15) is 40.4 Å². The van der Waals surface area contributed by atoms with E-state index >= 15 is 0 Å². The number of halogens is 2. The Morgan fingerprint density at radius 3 is 2.86 bits per heavy atom. The van der Waals surface area contributed by atoms with Gasteiger partial charge in [0.25, 0.3) is 5.91 Å². The number of nitrogens with one attached hydrogen (secondary N) is 1. The average Bonchev–Trinajstić information content (AvgIpc) is 2.97. The van der Waals surface area contributed by atoms with Crippen LogP contribution in [0.5, 0.6) is 0 Å². The molecule has 1 aromatic heterocycles. The summed E-state index contributed by atoms with van der Waals surface area (Å²) in [7, 11) is 0. The number of rotatable bonds is 5. The highest BCUT2D eigenvalue weighted by molar-refractivity contribution is 7.09. The third-order valence-electron chi connectivity index (χ3n) is 2.95. The summed E-state index contributed by atoms with van der Waals surface area (Å²) in [6, 6.07) is 5.12. The predicted octanol–water partition coefficient (Wildman–Crippen LogP) is 3.79. The first-order chi connectivity index (χ1) is 10.0. The molecule has 0 bridgehead atoms. The molecule has 0 saturated heterocycles. The molecular formula is C14H15Cl2N3OS. The molecule has 1 heterocycles. The minimum Gasteiger partial charge on any atom is -0.347 e. The quantitative estimate of drug-likeness (QED) is 0.867. The van der Waals surface area contributed by atoms with Gasteiger partial charge in [-0.1, -0.05) is 36.2 Å². The molecule has 1 aromatic carbocycles. The van der Waals surface area contributed by atoms with Crippen molar-refractivity contribution in [1.29, 1.82) is 0 Å². The van der Waals surface area contributed by atoms with Crippen molar-refractivity contribution in [3.63, 3.8) is 0 Å². The van der Waals surface area contributed by atoms with Gasteiger partial charge in [0.15, 0.2) is 0 Å². The maximum atomic E-state index is 12.0. The van der Waals surface area contributed by atoms with Crippen molar-refractivity contribution in [2.45, 2.75) is 25.9 Å². The average molecular weight is 344 g/mol. The molecule has 7 heteroatoms. The fraction of sp³-hybridized carbons (Fsp3) is 0.286. The Balaban J connectivity index is 1.98. The molecule has 112 valence electrons. The van der Waals surface area contributed by atoms with Crippen molar-refractivity contribution in [2.75, 3.05) is 0 Å². The van der Waals surface area contributed by atoms with E-state index in [0.29, 0.717) is 22.3 Å². The normalized spacial score (nSPS) is 12.2. The summed E-state index contributed by atoms with van der Waals surface area (Å²) in [5.74, 6) is -0.230. The van der Waals surface area contributed by atoms with E-state index < -0.39 is 0 Å². The molecule has 3 N–H and O–H groups in total. The van der Waals surface area contributed by atoms with Crippen LogP contribution < -0.4 is 11.1 Å². The Bertz CT molecular complexity index is 645. The van der Waals surface area contributed by atoms with Crippen molar-refractivity contribution >= 4 is 40.4 Å². The van der Waals surface area contributed by atoms with Crippen LogP contribution >= 0.6 is 34.5 Å². The third kappa shape index (κ3) is 4.17. The molecule has 1 atom stereocenters. The topological polar surface area (TPSA) is 68.0 Å². The Kier molecular flexibility index (Phi) is 5.58. The summed E-state index contributed by atoms with van der Waals surface area (Å²) in [6.45, 7) is 2.35. The first kappa shape index (κ1) is 16.2. The van der Waals surface area contributed by atoms with Crippen molar-refractivity contribution in [3.05, 3.63) is 49.9 Å². The first-order valence-corrected chi connectivity index (χ1v) is 8.08. The second-order valence-corrected chi connectivity index (χ2v) is 6.22. The van der Waals surface area contributed by atoms with Crippen LogP contribution in [-0.2, 0) is 6.54 Å². The highest BCUT2D eigenvalue weighted by Gasteiger charge is 2.14. The van der Waals surface area contributed by atoms with Gasteiger partial charge in [-0.25, -0.2) is 4.98 Å². The zero-order valence-corrected chi connectivity index (χ0v) is 13.7. The van der Waals surface area contributed by atoms with Crippen LogP contribution in [0.3, 0.4) is 0 Å². The molecular weight excluding hydrogens is 329 g/mol. The molecule has 0 saturated carbocycles. The SMILES string of the molecule is CCC(N)c1nc(C(=O)NCc2ccc(Cl)c(Cl)c2)cs1. The van der Waals surface area contributed by atoms with Gasteiger partial charge in [0.1, 0.15) is 10.7 Å². The number of amides is 1. The number of benzene rings is 1. The number of nitrogens with two attached hydrogens (primary N) is 1. The van der Waals surface area contributed by atoms with Gasteiger partial charge in [-0.05, 0) is 24.1 Å². The van der Waals surface area contributed by atoms with Gasteiger partial charge in [-0.2, -0.15) is 0 Å². The van der Waals surface area contributed by atoms with E-state index in [9.17, 15) is 4.79 Å². The minimum absolute atomic E-state index is 0.119. The second kappa shape index (κ2) is 7.22. The van der Waals surface area contributed by atoms with Gasteiger partial charge in [-0.3, -0.25) is 4.79 Å². The number of hydrogen-bond acceptors (Lipinski definition) is 4. The molecule has 0 spiro atoms. The van der Waals surface area contributed by atoms with Crippen LogP contribution in [0.2, 0.25) is 10.0 Å². The van der Waals surface area contributed by atoms with Crippen LogP contribution in [0.4, 0.5) is 0 Å². The van der Waals surface area contributed by atoms with Gasteiger partial charge >= 0.3 is 0 Å². The highest BCUT2D eigenvalue weighted by atomic mass is 35.5. The number of carbonyl (C=O) groups is 1. The fourth-order valence-corrected chi connectivity index (χ4v) is 2.86. The van der Waals surface area contributed by atoms with E-state index in [0.717, 1.165) is 17.0 Å². The van der Waals surface area contributed by atoms with Crippen LogP contribution in [0.25, 0.3) is 0 Å².